The van der Waals surface area contributed by atoms with Crippen molar-refractivity contribution in [2.24, 2.45) is 0 Å². The van der Waals surface area contributed by atoms with Crippen molar-refractivity contribution in [3.63, 3.8) is 0 Å². The molecule has 1 fully saturated rings. The van der Waals surface area contributed by atoms with Gasteiger partial charge in [-0.05, 0) is 26.3 Å². The van der Waals surface area contributed by atoms with Gasteiger partial charge in [0, 0.05) is 45.2 Å². The normalized spacial score (nSPS) is 17.6. The second-order valence-corrected chi connectivity index (χ2v) is 8.39. The van der Waals surface area contributed by atoms with Gasteiger partial charge in [-0.25, -0.2) is 4.98 Å². The highest BCUT2D eigenvalue weighted by atomic mass is 32.1. The van der Waals surface area contributed by atoms with E-state index in [1.807, 2.05) is 13.8 Å². The van der Waals surface area contributed by atoms with E-state index in [2.05, 4.69) is 21.7 Å². The van der Waals surface area contributed by atoms with Gasteiger partial charge in [-0.2, -0.15) is 0 Å². The number of likely N-dealkylation sites (N-methyl/N-ethyl adjacent to an activating group) is 1. The molecule has 1 aliphatic heterocycles. The standard InChI is InChI=1S/C18H27N5O2S/c1-11-13(3)26-18-15(11)17(25)19-16(20-18)12(2)23-8-6-22(7-9-23)10-14(24)21(4)5/h12H,6-10H2,1-5H3,(H,19,20,25). The van der Waals surface area contributed by atoms with Crippen molar-refractivity contribution < 1.29 is 4.79 Å². The van der Waals surface area contributed by atoms with Gasteiger partial charge in [0.25, 0.3) is 5.56 Å². The van der Waals surface area contributed by atoms with Gasteiger partial charge in [-0.3, -0.25) is 19.4 Å². The Morgan fingerprint density at radius 1 is 1.27 bits per heavy atom. The van der Waals surface area contributed by atoms with E-state index in [1.165, 1.54) is 0 Å². The molecule has 1 atom stereocenters. The van der Waals surface area contributed by atoms with Gasteiger partial charge >= 0.3 is 0 Å². The fourth-order valence-corrected chi connectivity index (χ4v) is 4.32. The van der Waals surface area contributed by atoms with Gasteiger partial charge in [-0.1, -0.05) is 0 Å². The maximum Gasteiger partial charge on any atom is 0.259 e. The third-order valence-corrected chi connectivity index (χ3v) is 6.37. The summed E-state index contributed by atoms with van der Waals surface area (Å²) in [5.41, 5.74) is 0.978. The van der Waals surface area contributed by atoms with Crippen LogP contribution >= 0.6 is 11.3 Å². The first-order chi connectivity index (χ1) is 12.3. The predicted molar refractivity (Wildman–Crippen MR) is 105 cm³/mol. The molecule has 0 spiro atoms. The van der Waals surface area contributed by atoms with Crippen molar-refractivity contribution in [2.45, 2.75) is 26.8 Å². The predicted octanol–water partition coefficient (Wildman–Crippen LogP) is 1.37. The molecule has 2 aromatic heterocycles. The summed E-state index contributed by atoms with van der Waals surface area (Å²) in [6.45, 7) is 9.93. The number of nitrogens with zero attached hydrogens (tertiary/aromatic N) is 4. The third kappa shape index (κ3) is 3.67. The van der Waals surface area contributed by atoms with Crippen molar-refractivity contribution in [3.05, 3.63) is 26.6 Å². The molecule has 8 heteroatoms. The number of aromatic nitrogens is 2. The summed E-state index contributed by atoms with van der Waals surface area (Å²) in [5, 5.41) is 0.718. The molecule has 1 N–H and O–H groups in total. The zero-order chi connectivity index (χ0) is 19.0. The first-order valence-corrected chi connectivity index (χ1v) is 9.76. The van der Waals surface area contributed by atoms with Crippen LogP contribution in [0.2, 0.25) is 0 Å². The van der Waals surface area contributed by atoms with Crippen molar-refractivity contribution in [1.29, 1.82) is 0 Å². The van der Waals surface area contributed by atoms with E-state index in [9.17, 15) is 9.59 Å². The fourth-order valence-electron chi connectivity index (χ4n) is 3.28. The number of amides is 1. The molecule has 0 radical (unpaired) electrons. The number of aromatic amines is 1. The van der Waals surface area contributed by atoms with Crippen molar-refractivity contribution >= 4 is 27.5 Å². The number of rotatable bonds is 4. The molecule has 3 rings (SSSR count). The SMILES string of the molecule is Cc1sc2nc(C(C)N3CCN(CC(=O)N(C)C)CC3)[nH]c(=O)c2c1C. The number of nitrogens with one attached hydrogen (secondary N) is 1. The quantitative estimate of drug-likeness (QED) is 0.871. The molecule has 2 aromatic rings. The largest absolute Gasteiger partial charge is 0.348 e. The molecule has 0 aromatic carbocycles. The van der Waals surface area contributed by atoms with E-state index in [0.29, 0.717) is 6.54 Å². The Balaban J connectivity index is 1.71. The molecule has 142 valence electrons. The van der Waals surface area contributed by atoms with Crippen molar-refractivity contribution in [3.8, 4) is 0 Å². The summed E-state index contributed by atoms with van der Waals surface area (Å²) < 4.78 is 0. The Morgan fingerprint density at radius 2 is 1.92 bits per heavy atom. The number of carbonyl (C=O) groups excluding carboxylic acids is 1. The van der Waals surface area contributed by atoms with E-state index in [0.717, 1.165) is 52.7 Å². The molecule has 3 heterocycles. The molecule has 7 nitrogen and oxygen atoms in total. The lowest BCUT2D eigenvalue weighted by Gasteiger charge is -2.37. The minimum atomic E-state index is -0.0473. The highest BCUT2D eigenvalue weighted by molar-refractivity contribution is 7.18. The van der Waals surface area contributed by atoms with Crippen LogP contribution in [0.25, 0.3) is 10.2 Å². The summed E-state index contributed by atoms with van der Waals surface area (Å²) in [7, 11) is 3.57. The van der Waals surface area contributed by atoms with Gasteiger partial charge in [0.05, 0.1) is 18.0 Å². The van der Waals surface area contributed by atoms with E-state index >= 15 is 0 Å². The van der Waals surface area contributed by atoms with Crippen LogP contribution in [0.3, 0.4) is 0 Å². The first-order valence-electron chi connectivity index (χ1n) is 8.94. The molecule has 1 saturated heterocycles. The Morgan fingerprint density at radius 3 is 2.54 bits per heavy atom. The topological polar surface area (TPSA) is 72.5 Å². The second kappa shape index (κ2) is 7.46. The van der Waals surface area contributed by atoms with Crippen LogP contribution < -0.4 is 5.56 Å². The number of hydrogen-bond acceptors (Lipinski definition) is 6. The van der Waals surface area contributed by atoms with Gasteiger partial charge < -0.3 is 9.88 Å². The van der Waals surface area contributed by atoms with Gasteiger partial charge in [-0.15, -0.1) is 11.3 Å². The van der Waals surface area contributed by atoms with Gasteiger partial charge in [0.2, 0.25) is 5.91 Å². The lowest BCUT2D eigenvalue weighted by atomic mass is 10.2. The maximum atomic E-state index is 12.5. The number of thiophene rings is 1. The number of hydrogen-bond donors (Lipinski definition) is 1. The summed E-state index contributed by atoms with van der Waals surface area (Å²) >= 11 is 1.58. The van der Waals surface area contributed by atoms with Crippen molar-refractivity contribution in [2.75, 3.05) is 46.8 Å². The molecule has 1 aliphatic rings. The number of H-pyrrole nitrogens is 1. The molecule has 0 saturated carbocycles. The van der Waals surface area contributed by atoms with Crippen LogP contribution in [-0.4, -0.2) is 77.4 Å². The summed E-state index contributed by atoms with van der Waals surface area (Å²) in [6, 6.07) is 0.0431. The van der Waals surface area contributed by atoms with Crippen LogP contribution in [0.4, 0.5) is 0 Å². The smallest absolute Gasteiger partial charge is 0.259 e. The van der Waals surface area contributed by atoms with E-state index in [4.69, 9.17) is 4.98 Å². The minimum absolute atomic E-state index is 0.0431. The van der Waals surface area contributed by atoms with Gasteiger partial charge in [0.1, 0.15) is 10.7 Å². The zero-order valence-electron chi connectivity index (χ0n) is 16.1. The van der Waals surface area contributed by atoms with Crippen molar-refractivity contribution in [1.82, 2.24) is 24.7 Å². The third-order valence-electron chi connectivity index (χ3n) is 5.27. The monoisotopic (exact) mass is 377 g/mol. The lowest BCUT2D eigenvalue weighted by molar-refractivity contribution is -0.130. The molecular formula is C18H27N5O2S. The Kier molecular flexibility index (Phi) is 5.45. The Bertz CT molecular complexity index is 864. The average molecular weight is 378 g/mol. The minimum Gasteiger partial charge on any atom is -0.348 e. The average Bonchev–Trinajstić information content (AvgIpc) is 2.89. The number of aryl methyl sites for hydroxylation is 2. The lowest BCUT2D eigenvalue weighted by Crippen LogP contribution is -2.50. The maximum absolute atomic E-state index is 12.5. The number of fused-ring (bicyclic) bond motifs is 1. The van der Waals surface area contributed by atoms with Crippen LogP contribution in [-0.2, 0) is 4.79 Å². The zero-order valence-corrected chi connectivity index (χ0v) is 16.9. The van der Waals surface area contributed by atoms with Crippen LogP contribution in [0, 0.1) is 13.8 Å². The molecular weight excluding hydrogens is 350 g/mol. The van der Waals surface area contributed by atoms with Crippen LogP contribution in [0.1, 0.15) is 29.2 Å². The summed E-state index contributed by atoms with van der Waals surface area (Å²) in [4.78, 5) is 40.2. The molecule has 0 bridgehead atoms. The van der Waals surface area contributed by atoms with Gasteiger partial charge in [0.15, 0.2) is 0 Å². The first kappa shape index (κ1) is 19.0. The molecule has 1 unspecified atom stereocenters. The highest BCUT2D eigenvalue weighted by Crippen LogP contribution is 2.27. The molecule has 0 aliphatic carbocycles. The number of piperazine rings is 1. The van der Waals surface area contributed by atoms with Crippen LogP contribution in [0.5, 0.6) is 0 Å². The van der Waals surface area contributed by atoms with Crippen LogP contribution in [0.15, 0.2) is 4.79 Å². The Hall–Kier alpha value is -1.77. The van der Waals surface area contributed by atoms with E-state index in [-0.39, 0.29) is 17.5 Å². The number of carbonyl (C=O) groups is 1. The summed E-state index contributed by atoms with van der Waals surface area (Å²) in [5.74, 6) is 0.855. The molecule has 26 heavy (non-hydrogen) atoms. The second-order valence-electron chi connectivity index (χ2n) is 7.19. The van der Waals surface area contributed by atoms with E-state index < -0.39 is 0 Å². The fraction of sp³-hybridized carbons (Fsp3) is 0.611. The summed E-state index contributed by atoms with van der Waals surface area (Å²) in [6.07, 6.45) is 0. The van der Waals surface area contributed by atoms with E-state index in [1.54, 1.807) is 30.3 Å². The Labute approximate surface area is 157 Å². The molecule has 1 amide bonds. The highest BCUT2D eigenvalue weighted by Gasteiger charge is 2.25.